The molecule has 0 N–H and O–H groups in total. The van der Waals surface area contributed by atoms with Crippen LogP contribution in [-0.4, -0.2) is 27.7 Å². The van der Waals surface area contributed by atoms with Crippen LogP contribution in [0.1, 0.15) is 15.9 Å². The third-order valence-corrected chi connectivity index (χ3v) is 3.54. The second kappa shape index (κ2) is 7.34. The molecule has 2 aromatic rings. The predicted molar refractivity (Wildman–Crippen MR) is 87.4 cm³/mol. The third-order valence-electron chi connectivity index (χ3n) is 3.54. The average molecular weight is 361 g/mol. The van der Waals surface area contributed by atoms with Crippen LogP contribution in [0.4, 0.5) is 17.1 Å². The van der Waals surface area contributed by atoms with Gasteiger partial charge in [-0.15, -0.1) is 0 Å². The number of ether oxygens (including phenoxy) is 1. The average Bonchev–Trinajstić information content (AvgIpc) is 2.61. The molecule has 0 saturated carbocycles. The van der Waals surface area contributed by atoms with Gasteiger partial charge in [0, 0.05) is 12.0 Å². The molecule has 0 aliphatic carbocycles. The lowest BCUT2D eigenvalue weighted by Gasteiger charge is -2.05. The molecule has 0 spiro atoms. The predicted octanol–water partition coefficient (Wildman–Crippen LogP) is 2.85. The van der Waals surface area contributed by atoms with Crippen LogP contribution in [-0.2, 0) is 6.42 Å². The molecule has 26 heavy (non-hydrogen) atoms. The van der Waals surface area contributed by atoms with Crippen LogP contribution in [0.15, 0.2) is 36.4 Å². The quantitative estimate of drug-likeness (QED) is 0.414. The molecule has 0 bridgehead atoms. The van der Waals surface area contributed by atoms with Crippen molar-refractivity contribution >= 4 is 22.8 Å². The minimum atomic E-state index is -0.989. The maximum Gasteiger partial charge on any atom is 0.286 e. The van der Waals surface area contributed by atoms with Gasteiger partial charge in [0.1, 0.15) is 11.3 Å². The zero-order valence-corrected chi connectivity index (χ0v) is 13.3. The SMILES string of the molecule is COc1ccc(C(=O)Cc2c([N+](=O)[O-])cc([N+](=O)[O-])cc2[N+](=O)[O-])cc1. The molecule has 11 nitrogen and oxygen atoms in total. The maximum atomic E-state index is 12.4. The molecular formula is C15H11N3O8. The summed E-state index contributed by atoms with van der Waals surface area (Å²) in [4.78, 5) is 42.7. The Morgan fingerprint density at radius 2 is 1.42 bits per heavy atom. The number of benzene rings is 2. The van der Waals surface area contributed by atoms with Crippen LogP contribution in [0, 0.1) is 30.3 Å². The highest BCUT2D eigenvalue weighted by Gasteiger charge is 2.31. The van der Waals surface area contributed by atoms with Crippen LogP contribution in [0.5, 0.6) is 5.75 Å². The Bertz CT molecular complexity index is 873. The third kappa shape index (κ3) is 3.77. The van der Waals surface area contributed by atoms with E-state index in [9.17, 15) is 35.1 Å². The first-order valence-corrected chi connectivity index (χ1v) is 7.02. The number of nitro benzene ring substituents is 3. The Morgan fingerprint density at radius 1 is 0.923 bits per heavy atom. The molecule has 134 valence electrons. The summed E-state index contributed by atoms with van der Waals surface area (Å²) < 4.78 is 4.95. The van der Waals surface area contributed by atoms with Gasteiger partial charge in [0.05, 0.1) is 34.0 Å². The first-order chi connectivity index (χ1) is 12.2. The summed E-state index contributed by atoms with van der Waals surface area (Å²) in [6.07, 6.45) is -0.656. The lowest BCUT2D eigenvalue weighted by Crippen LogP contribution is -2.09. The number of rotatable bonds is 7. The van der Waals surface area contributed by atoms with Gasteiger partial charge in [0.15, 0.2) is 5.78 Å². The number of carbonyl (C=O) groups excluding carboxylic acids is 1. The molecule has 0 aromatic heterocycles. The standard InChI is InChI=1S/C15H11N3O8/c1-26-11-4-2-9(3-5-11)15(19)8-12-13(17(22)23)6-10(16(20)21)7-14(12)18(24)25/h2-7H,8H2,1H3. The molecule has 0 aliphatic rings. The van der Waals surface area contributed by atoms with Gasteiger partial charge >= 0.3 is 0 Å². The topological polar surface area (TPSA) is 156 Å². The summed E-state index contributed by atoms with van der Waals surface area (Å²) in [5.74, 6) is -0.137. The van der Waals surface area contributed by atoms with Crippen LogP contribution >= 0.6 is 0 Å². The Hall–Kier alpha value is -3.89. The molecule has 0 aliphatic heterocycles. The van der Waals surface area contributed by atoms with Crippen molar-refractivity contribution in [2.24, 2.45) is 0 Å². The van der Waals surface area contributed by atoms with E-state index in [4.69, 9.17) is 4.74 Å². The van der Waals surface area contributed by atoms with Gasteiger partial charge in [0.25, 0.3) is 17.1 Å². The summed E-state index contributed by atoms with van der Waals surface area (Å²) >= 11 is 0. The monoisotopic (exact) mass is 361 g/mol. The Balaban J connectivity index is 2.52. The van der Waals surface area contributed by atoms with E-state index in [-0.39, 0.29) is 5.56 Å². The van der Waals surface area contributed by atoms with Crippen LogP contribution in [0.2, 0.25) is 0 Å². The Morgan fingerprint density at radius 3 is 1.81 bits per heavy atom. The summed E-state index contributed by atoms with van der Waals surface area (Å²) in [6.45, 7) is 0. The molecule has 0 atom stereocenters. The van der Waals surface area contributed by atoms with Crippen molar-refractivity contribution in [1.29, 1.82) is 0 Å². The van der Waals surface area contributed by atoms with E-state index in [1.807, 2.05) is 0 Å². The molecule has 2 rings (SSSR count). The number of ketones is 1. The van der Waals surface area contributed by atoms with E-state index in [0.717, 1.165) is 0 Å². The fraction of sp³-hybridized carbons (Fsp3) is 0.133. The van der Waals surface area contributed by atoms with E-state index < -0.39 is 49.6 Å². The van der Waals surface area contributed by atoms with E-state index >= 15 is 0 Å². The van der Waals surface area contributed by atoms with E-state index in [0.29, 0.717) is 17.9 Å². The van der Waals surface area contributed by atoms with Gasteiger partial charge in [-0.2, -0.15) is 0 Å². The van der Waals surface area contributed by atoms with Gasteiger partial charge < -0.3 is 4.74 Å². The van der Waals surface area contributed by atoms with Gasteiger partial charge in [-0.3, -0.25) is 35.1 Å². The summed E-state index contributed by atoms with van der Waals surface area (Å²) in [7, 11) is 1.43. The van der Waals surface area contributed by atoms with Crippen LogP contribution < -0.4 is 4.74 Å². The minimum Gasteiger partial charge on any atom is -0.497 e. The van der Waals surface area contributed by atoms with Gasteiger partial charge in [-0.1, -0.05) is 0 Å². The number of methoxy groups -OCH3 is 1. The highest BCUT2D eigenvalue weighted by atomic mass is 16.6. The van der Waals surface area contributed by atoms with Crippen LogP contribution in [0.3, 0.4) is 0 Å². The van der Waals surface area contributed by atoms with Crippen LogP contribution in [0.25, 0.3) is 0 Å². The van der Waals surface area contributed by atoms with Gasteiger partial charge in [-0.05, 0) is 24.3 Å². The second-order valence-corrected chi connectivity index (χ2v) is 5.06. The lowest BCUT2D eigenvalue weighted by atomic mass is 9.99. The fourth-order valence-electron chi connectivity index (χ4n) is 2.28. The number of non-ortho nitro benzene ring substituents is 1. The normalized spacial score (nSPS) is 10.2. The number of nitro groups is 3. The smallest absolute Gasteiger partial charge is 0.286 e. The zero-order chi connectivity index (χ0) is 19.4. The van der Waals surface area contributed by atoms with Crippen molar-refractivity contribution in [3.63, 3.8) is 0 Å². The molecule has 0 radical (unpaired) electrons. The second-order valence-electron chi connectivity index (χ2n) is 5.06. The molecule has 0 heterocycles. The molecule has 2 aromatic carbocycles. The summed E-state index contributed by atoms with van der Waals surface area (Å²) in [6, 6.07) is 7.00. The fourth-order valence-corrected chi connectivity index (χ4v) is 2.28. The number of hydrogen-bond acceptors (Lipinski definition) is 8. The van der Waals surface area contributed by atoms with E-state index in [2.05, 4.69) is 0 Å². The highest BCUT2D eigenvalue weighted by Crippen LogP contribution is 2.34. The molecular weight excluding hydrogens is 350 g/mol. The minimum absolute atomic E-state index is 0.160. The first kappa shape index (κ1) is 18.4. The van der Waals surface area contributed by atoms with Crippen molar-refractivity contribution in [2.75, 3.05) is 7.11 Å². The molecule has 0 fully saturated rings. The molecule has 0 saturated heterocycles. The first-order valence-electron chi connectivity index (χ1n) is 7.02. The lowest BCUT2D eigenvalue weighted by molar-refractivity contribution is -0.404. The van der Waals surface area contributed by atoms with Gasteiger partial charge in [0.2, 0.25) is 0 Å². The molecule has 11 heteroatoms. The molecule has 0 amide bonds. The van der Waals surface area contributed by atoms with Crippen molar-refractivity contribution in [2.45, 2.75) is 6.42 Å². The zero-order valence-electron chi connectivity index (χ0n) is 13.3. The number of Topliss-reactive ketones (excluding diaryl/α,β-unsaturated/α-hetero) is 1. The summed E-state index contributed by atoms with van der Waals surface area (Å²) in [5.41, 5.74) is -2.84. The Labute approximate surface area is 145 Å². The van der Waals surface area contributed by atoms with Crippen molar-refractivity contribution in [3.8, 4) is 5.75 Å². The number of hydrogen-bond donors (Lipinski definition) is 0. The van der Waals surface area contributed by atoms with Crippen molar-refractivity contribution in [3.05, 3.63) is 77.9 Å². The maximum absolute atomic E-state index is 12.4. The molecule has 0 unspecified atom stereocenters. The number of carbonyl (C=O) groups is 1. The van der Waals surface area contributed by atoms with Gasteiger partial charge in [-0.25, -0.2) is 0 Å². The van der Waals surface area contributed by atoms with Crippen molar-refractivity contribution in [1.82, 2.24) is 0 Å². The Kier molecular flexibility index (Phi) is 5.21. The highest BCUT2D eigenvalue weighted by molar-refractivity contribution is 5.98. The largest absolute Gasteiger partial charge is 0.497 e. The van der Waals surface area contributed by atoms with E-state index in [1.165, 1.54) is 31.4 Å². The number of nitrogens with zero attached hydrogens (tertiary/aromatic N) is 3. The van der Waals surface area contributed by atoms with Crippen molar-refractivity contribution < 1.29 is 24.3 Å². The van der Waals surface area contributed by atoms with E-state index in [1.54, 1.807) is 0 Å². The summed E-state index contributed by atoms with van der Waals surface area (Å²) in [5, 5.41) is 33.3.